The average Bonchev–Trinajstić information content (AvgIpc) is 1.63. The molecule has 0 spiro atoms. The smallest absolute Gasteiger partial charge is 0.243 e. The topological polar surface area (TPSA) is 43.1 Å². The van der Waals surface area contributed by atoms with Gasteiger partial charge in [-0.15, -0.1) is 0 Å². The summed E-state index contributed by atoms with van der Waals surface area (Å²) in [5.74, 6) is 0.260. The summed E-state index contributed by atoms with van der Waals surface area (Å²) in [6.07, 6.45) is 1.03. The second-order valence-corrected chi connectivity index (χ2v) is 3.20. The zero-order valence-electron chi connectivity index (χ0n) is 5.30. The molecule has 9 heavy (non-hydrogen) atoms. The van der Waals surface area contributed by atoms with E-state index in [1.807, 2.05) is 36.4 Å². The highest BCUT2D eigenvalue weighted by atomic mass is 127. The van der Waals surface area contributed by atoms with E-state index in [1.54, 1.807) is 0 Å². The first kappa shape index (κ1) is 8.87. The van der Waals surface area contributed by atoms with Crippen molar-refractivity contribution in [3.05, 3.63) is 19.9 Å². The Bertz CT molecular complexity index is 142. The van der Waals surface area contributed by atoms with E-state index in [0.29, 0.717) is 0 Å². The molecule has 0 bridgehead atoms. The fraction of sp³-hybridized carbons (Fsp3) is 0.600. The number of nitrogens with zero attached hydrogens (tertiary/aromatic N) is 1. The molecule has 0 fully saturated rings. The van der Waals surface area contributed by atoms with Crippen LogP contribution in [0.2, 0.25) is 0 Å². The first-order valence-corrected chi connectivity index (χ1v) is 3.62. The van der Waals surface area contributed by atoms with E-state index in [-0.39, 0.29) is 5.92 Å². The summed E-state index contributed by atoms with van der Waals surface area (Å²) in [4.78, 5) is 9.41. The first-order chi connectivity index (χ1) is 4.04. The fourth-order valence-electron chi connectivity index (χ4n) is 0.250. The molecule has 0 atom stereocenters. The van der Waals surface area contributed by atoms with Crippen LogP contribution in [0.4, 0.5) is 0 Å². The van der Waals surface area contributed by atoms with Gasteiger partial charge in [-0.25, -0.2) is 0 Å². The highest BCUT2D eigenvalue weighted by Crippen LogP contribution is 2.16. The average molecular weight is 241 g/mol. The maximum absolute atomic E-state index is 9.84. The lowest BCUT2D eigenvalue weighted by atomic mass is 10.2. The maximum atomic E-state index is 9.84. The maximum Gasteiger partial charge on any atom is 0.243 e. The van der Waals surface area contributed by atoms with Crippen molar-refractivity contribution in [1.82, 2.24) is 0 Å². The van der Waals surface area contributed by atoms with Gasteiger partial charge >= 0.3 is 0 Å². The Balaban J connectivity index is 4.00. The van der Waals surface area contributed by atoms with Crippen LogP contribution >= 0.6 is 22.6 Å². The van der Waals surface area contributed by atoms with Crippen LogP contribution in [0.25, 0.3) is 0 Å². The van der Waals surface area contributed by atoms with Gasteiger partial charge in [0.1, 0.15) is 0 Å². The van der Waals surface area contributed by atoms with Crippen molar-refractivity contribution in [2.75, 3.05) is 0 Å². The van der Waals surface area contributed by atoms with Crippen LogP contribution in [0.15, 0.2) is 9.78 Å². The number of hydrogen-bond donors (Lipinski definition) is 0. The predicted octanol–water partition coefficient (Wildman–Crippen LogP) is 2.20. The van der Waals surface area contributed by atoms with E-state index in [0.717, 1.165) is 9.78 Å². The van der Waals surface area contributed by atoms with Gasteiger partial charge in [-0.1, -0.05) is 13.8 Å². The molecule has 52 valence electrons. The fourth-order valence-corrected chi connectivity index (χ4v) is 0.477. The molecule has 0 aromatic heterocycles. The van der Waals surface area contributed by atoms with Crippen molar-refractivity contribution in [2.24, 2.45) is 5.92 Å². The van der Waals surface area contributed by atoms with Gasteiger partial charge in [-0.05, 0) is 28.5 Å². The Morgan fingerprint density at radius 2 is 2.22 bits per heavy atom. The summed E-state index contributed by atoms with van der Waals surface area (Å²) in [6, 6.07) is 0. The zero-order valence-corrected chi connectivity index (χ0v) is 7.45. The molecule has 0 heterocycles. The predicted molar refractivity (Wildman–Crippen MR) is 43.9 cm³/mol. The number of allylic oxidation sites excluding steroid dienone is 1. The van der Waals surface area contributed by atoms with Gasteiger partial charge in [0.2, 0.25) is 6.20 Å². The summed E-state index contributed by atoms with van der Waals surface area (Å²) >= 11 is 1.97. The molecule has 0 amide bonds. The summed E-state index contributed by atoms with van der Waals surface area (Å²) in [5, 5.41) is 9.84. The largest absolute Gasteiger partial charge is 0.259 e. The van der Waals surface area contributed by atoms with Gasteiger partial charge in [0.25, 0.3) is 0 Å². The standard InChI is InChI=1S/C5H8INO2/c1-4(2)5(6)3-7(8)9/h3-4H,1-2H3. The van der Waals surface area contributed by atoms with E-state index in [9.17, 15) is 10.1 Å². The van der Waals surface area contributed by atoms with E-state index in [2.05, 4.69) is 0 Å². The number of rotatable bonds is 2. The highest BCUT2D eigenvalue weighted by molar-refractivity contribution is 14.1. The van der Waals surface area contributed by atoms with Gasteiger partial charge in [0, 0.05) is 0 Å². The third kappa shape index (κ3) is 4.38. The SMILES string of the molecule is CC(C)C(I)=C[N+](=O)[O-]. The molecule has 0 aromatic rings. The Morgan fingerprint density at radius 3 is 2.33 bits per heavy atom. The molecule has 0 aliphatic rings. The molecule has 0 rings (SSSR count). The molecule has 0 aliphatic heterocycles. The van der Waals surface area contributed by atoms with Gasteiger partial charge < -0.3 is 0 Å². The Morgan fingerprint density at radius 1 is 1.78 bits per heavy atom. The van der Waals surface area contributed by atoms with Crippen molar-refractivity contribution in [1.29, 1.82) is 0 Å². The molecule has 3 nitrogen and oxygen atoms in total. The lowest BCUT2D eigenvalue weighted by Crippen LogP contribution is -1.90. The van der Waals surface area contributed by atoms with Crippen molar-refractivity contribution in [3.8, 4) is 0 Å². The van der Waals surface area contributed by atoms with E-state index in [4.69, 9.17) is 0 Å². The van der Waals surface area contributed by atoms with E-state index < -0.39 is 4.92 Å². The van der Waals surface area contributed by atoms with Gasteiger partial charge in [0.15, 0.2) is 0 Å². The molecular formula is C5H8INO2. The van der Waals surface area contributed by atoms with Crippen molar-refractivity contribution in [3.63, 3.8) is 0 Å². The quantitative estimate of drug-likeness (QED) is 0.422. The minimum absolute atomic E-state index is 0.260. The number of halogens is 1. The van der Waals surface area contributed by atoms with Gasteiger partial charge in [0.05, 0.1) is 8.50 Å². The molecule has 0 unspecified atom stereocenters. The minimum Gasteiger partial charge on any atom is -0.259 e. The van der Waals surface area contributed by atoms with Crippen molar-refractivity contribution < 1.29 is 4.92 Å². The Kier molecular flexibility index (Phi) is 3.76. The lowest BCUT2D eigenvalue weighted by Gasteiger charge is -1.96. The number of nitro groups is 1. The van der Waals surface area contributed by atoms with Crippen LogP contribution in [0, 0.1) is 16.0 Å². The van der Waals surface area contributed by atoms with Gasteiger partial charge in [-0.2, -0.15) is 0 Å². The van der Waals surface area contributed by atoms with Crippen LogP contribution in [0.1, 0.15) is 13.8 Å². The van der Waals surface area contributed by atoms with Gasteiger partial charge in [-0.3, -0.25) is 10.1 Å². The third-order valence-electron chi connectivity index (χ3n) is 0.780. The summed E-state index contributed by atoms with van der Waals surface area (Å²) in [7, 11) is 0. The van der Waals surface area contributed by atoms with Crippen LogP contribution in [-0.4, -0.2) is 4.92 Å². The summed E-state index contributed by atoms with van der Waals surface area (Å²) < 4.78 is 0.776. The minimum atomic E-state index is -0.429. The monoisotopic (exact) mass is 241 g/mol. The highest BCUT2D eigenvalue weighted by Gasteiger charge is 2.01. The van der Waals surface area contributed by atoms with Crippen LogP contribution in [0.5, 0.6) is 0 Å². The summed E-state index contributed by atoms with van der Waals surface area (Å²) in [5.41, 5.74) is 0. The van der Waals surface area contributed by atoms with Crippen LogP contribution < -0.4 is 0 Å². The Hall–Kier alpha value is -0.130. The molecule has 0 saturated carbocycles. The molecule has 0 aromatic carbocycles. The number of hydrogen-bond acceptors (Lipinski definition) is 2. The van der Waals surface area contributed by atoms with E-state index >= 15 is 0 Å². The lowest BCUT2D eigenvalue weighted by molar-refractivity contribution is -0.403. The molecule has 0 saturated heterocycles. The second kappa shape index (κ2) is 3.81. The van der Waals surface area contributed by atoms with E-state index in [1.165, 1.54) is 0 Å². The van der Waals surface area contributed by atoms with Crippen molar-refractivity contribution in [2.45, 2.75) is 13.8 Å². The molecule has 0 radical (unpaired) electrons. The van der Waals surface area contributed by atoms with Crippen molar-refractivity contribution >= 4 is 22.6 Å². The molecule has 0 aliphatic carbocycles. The summed E-state index contributed by atoms with van der Waals surface area (Å²) in [6.45, 7) is 3.84. The Labute approximate surface area is 67.4 Å². The first-order valence-electron chi connectivity index (χ1n) is 2.54. The molecule has 0 N–H and O–H groups in total. The van der Waals surface area contributed by atoms with Crippen LogP contribution in [0.3, 0.4) is 0 Å². The van der Waals surface area contributed by atoms with Crippen LogP contribution in [-0.2, 0) is 0 Å². The second-order valence-electron chi connectivity index (χ2n) is 1.95. The third-order valence-corrected chi connectivity index (χ3v) is 2.30. The zero-order chi connectivity index (χ0) is 7.44. The molecule has 4 heteroatoms. The molecular weight excluding hydrogens is 233 g/mol. The normalized spacial score (nSPS) is 12.2.